The first kappa shape index (κ1) is 19.6. The predicted octanol–water partition coefficient (Wildman–Crippen LogP) is 5.98. The van der Waals surface area contributed by atoms with Crippen LogP contribution in [0, 0.1) is 13.8 Å². The van der Waals surface area contributed by atoms with E-state index < -0.39 is 0 Å². The number of thioether (sulfide) groups is 1. The molecule has 1 aliphatic rings. The number of hydrogen-bond donors (Lipinski definition) is 0. The first-order chi connectivity index (χ1) is 13.9. The molecule has 2 heterocycles. The molecule has 0 spiro atoms. The van der Waals surface area contributed by atoms with E-state index in [-0.39, 0.29) is 17.7 Å². The average Bonchev–Trinajstić information content (AvgIpc) is 3.13. The molecule has 0 atom stereocenters. The summed E-state index contributed by atoms with van der Waals surface area (Å²) in [6.45, 7) is 4.30. The lowest BCUT2D eigenvalue weighted by Gasteiger charge is -2.12. The molecule has 0 aliphatic carbocycles. The zero-order valence-electron chi connectivity index (χ0n) is 16.1. The van der Waals surface area contributed by atoms with Crippen LogP contribution in [0.25, 0.3) is 11.8 Å². The zero-order valence-corrected chi connectivity index (χ0v) is 17.6. The predicted molar refractivity (Wildman–Crippen MR) is 118 cm³/mol. The minimum atomic E-state index is -0.250. The van der Waals surface area contributed by atoms with Crippen molar-refractivity contribution in [3.05, 3.63) is 93.1 Å². The second-order valence-electron chi connectivity index (χ2n) is 6.89. The Morgan fingerprint density at radius 3 is 2.38 bits per heavy atom. The molecule has 4 rings (SSSR count). The number of carbonyl (C=O) groups excluding carboxylic acids is 2. The molecule has 6 heteroatoms. The van der Waals surface area contributed by atoms with Crippen LogP contribution in [-0.4, -0.2) is 20.6 Å². The molecule has 0 saturated carbocycles. The first-order valence-corrected chi connectivity index (χ1v) is 10.4. The largest absolute Gasteiger partial charge is 0.318 e. The van der Waals surface area contributed by atoms with Gasteiger partial charge in [0.15, 0.2) is 0 Å². The van der Waals surface area contributed by atoms with Gasteiger partial charge in [0, 0.05) is 22.1 Å². The highest BCUT2D eigenvalue weighted by Gasteiger charge is 2.35. The Morgan fingerprint density at radius 1 is 1.00 bits per heavy atom. The summed E-state index contributed by atoms with van der Waals surface area (Å²) in [6.07, 6.45) is 1.81. The third kappa shape index (κ3) is 3.88. The number of halogens is 1. The second-order valence-corrected chi connectivity index (χ2v) is 8.32. The smallest absolute Gasteiger partial charge is 0.293 e. The van der Waals surface area contributed by atoms with Gasteiger partial charge in [0.25, 0.3) is 11.1 Å². The number of aromatic nitrogens is 1. The van der Waals surface area contributed by atoms with E-state index in [2.05, 4.69) is 4.57 Å². The number of hydrogen-bond acceptors (Lipinski definition) is 3. The lowest BCUT2D eigenvalue weighted by Crippen LogP contribution is -2.27. The van der Waals surface area contributed by atoms with Gasteiger partial charge in [-0.05, 0) is 73.1 Å². The summed E-state index contributed by atoms with van der Waals surface area (Å²) in [5.74, 6) is -0.250. The Labute approximate surface area is 178 Å². The molecule has 0 radical (unpaired) electrons. The maximum Gasteiger partial charge on any atom is 0.293 e. The van der Waals surface area contributed by atoms with Gasteiger partial charge < -0.3 is 4.57 Å². The van der Waals surface area contributed by atoms with Crippen LogP contribution >= 0.6 is 23.4 Å². The molecule has 29 heavy (non-hydrogen) atoms. The Kier molecular flexibility index (Phi) is 5.35. The van der Waals surface area contributed by atoms with Crippen LogP contribution in [-0.2, 0) is 11.3 Å². The van der Waals surface area contributed by atoms with Crippen LogP contribution in [0.1, 0.15) is 22.5 Å². The molecule has 4 nitrogen and oxygen atoms in total. The molecular formula is C23H19ClN2O2S. The monoisotopic (exact) mass is 422 g/mol. The van der Waals surface area contributed by atoms with Gasteiger partial charge in [-0.15, -0.1) is 0 Å². The van der Waals surface area contributed by atoms with Gasteiger partial charge in [0.1, 0.15) is 0 Å². The fourth-order valence-corrected chi connectivity index (χ4v) is 4.42. The van der Waals surface area contributed by atoms with Gasteiger partial charge in [-0.1, -0.05) is 41.9 Å². The van der Waals surface area contributed by atoms with E-state index in [9.17, 15) is 9.59 Å². The van der Waals surface area contributed by atoms with Crippen molar-refractivity contribution in [2.45, 2.75) is 20.4 Å². The molecule has 1 saturated heterocycles. The summed E-state index contributed by atoms with van der Waals surface area (Å²) < 4.78 is 2.11. The Hall–Kier alpha value is -2.76. The van der Waals surface area contributed by atoms with Crippen molar-refractivity contribution in [2.24, 2.45) is 0 Å². The number of nitrogens with zero attached hydrogens (tertiary/aromatic N) is 2. The van der Waals surface area contributed by atoms with E-state index in [1.54, 1.807) is 0 Å². The molecule has 1 aliphatic heterocycles. The van der Waals surface area contributed by atoms with E-state index in [4.69, 9.17) is 11.6 Å². The van der Waals surface area contributed by atoms with Gasteiger partial charge in [-0.3, -0.25) is 14.5 Å². The van der Waals surface area contributed by atoms with Crippen molar-refractivity contribution in [3.8, 4) is 5.69 Å². The third-order valence-corrected chi connectivity index (χ3v) is 6.06. The van der Waals surface area contributed by atoms with Crippen molar-refractivity contribution in [3.63, 3.8) is 0 Å². The Morgan fingerprint density at radius 2 is 1.69 bits per heavy atom. The summed E-state index contributed by atoms with van der Waals surface area (Å²) in [5, 5.41) is 0.445. The number of rotatable bonds is 4. The summed E-state index contributed by atoms with van der Waals surface area (Å²) in [5.41, 5.74) is 4.89. The van der Waals surface area contributed by atoms with Gasteiger partial charge in [-0.25, -0.2) is 0 Å². The van der Waals surface area contributed by atoms with Crippen LogP contribution in [0.4, 0.5) is 4.79 Å². The molecule has 0 bridgehead atoms. The normalized spacial score (nSPS) is 15.6. The fraction of sp³-hybridized carbons (Fsp3) is 0.130. The van der Waals surface area contributed by atoms with Gasteiger partial charge in [0.05, 0.1) is 11.4 Å². The maximum absolute atomic E-state index is 12.8. The van der Waals surface area contributed by atoms with E-state index in [1.165, 1.54) is 4.90 Å². The highest BCUT2D eigenvalue weighted by atomic mass is 35.5. The standard InChI is InChI=1S/C23H19ClN2O2S/c1-15-12-18(16(2)26(15)20-10-8-19(24)9-11-20)13-21-22(27)25(23(28)29-21)14-17-6-4-3-5-7-17/h3-13H,14H2,1-2H3/b21-13+. The number of imide groups is 1. The van der Waals surface area contributed by atoms with E-state index >= 15 is 0 Å². The van der Waals surface area contributed by atoms with Crippen LogP contribution < -0.4 is 0 Å². The molecule has 1 aromatic heterocycles. The Bertz CT molecular complexity index is 1120. The van der Waals surface area contributed by atoms with Gasteiger partial charge >= 0.3 is 0 Å². The highest BCUT2D eigenvalue weighted by molar-refractivity contribution is 8.18. The molecular weight excluding hydrogens is 404 g/mol. The van der Waals surface area contributed by atoms with Crippen LogP contribution in [0.3, 0.4) is 0 Å². The molecule has 0 unspecified atom stereocenters. The van der Waals surface area contributed by atoms with Gasteiger partial charge in [0.2, 0.25) is 0 Å². The lowest BCUT2D eigenvalue weighted by atomic mass is 10.2. The van der Waals surface area contributed by atoms with Crippen molar-refractivity contribution in [2.75, 3.05) is 0 Å². The van der Waals surface area contributed by atoms with Crippen LogP contribution in [0.5, 0.6) is 0 Å². The summed E-state index contributed by atoms with van der Waals surface area (Å²) in [4.78, 5) is 27.0. The van der Waals surface area contributed by atoms with Crippen molar-refractivity contribution >= 4 is 40.6 Å². The van der Waals surface area contributed by atoms with E-state index in [0.717, 1.165) is 40.0 Å². The number of aryl methyl sites for hydroxylation is 1. The van der Waals surface area contributed by atoms with Crippen molar-refractivity contribution in [1.82, 2.24) is 9.47 Å². The topological polar surface area (TPSA) is 42.3 Å². The first-order valence-electron chi connectivity index (χ1n) is 9.18. The fourth-order valence-electron chi connectivity index (χ4n) is 3.46. The second kappa shape index (κ2) is 7.93. The van der Waals surface area contributed by atoms with Crippen molar-refractivity contribution < 1.29 is 9.59 Å². The highest BCUT2D eigenvalue weighted by Crippen LogP contribution is 2.34. The maximum atomic E-state index is 12.8. The SMILES string of the molecule is Cc1cc(/C=C2/SC(=O)N(Cc3ccccc3)C2=O)c(C)n1-c1ccc(Cl)cc1. The van der Waals surface area contributed by atoms with Gasteiger partial charge in [-0.2, -0.15) is 0 Å². The van der Waals surface area contributed by atoms with Crippen LogP contribution in [0.15, 0.2) is 65.6 Å². The molecule has 0 N–H and O–H groups in total. The number of benzene rings is 2. The summed E-state index contributed by atoms with van der Waals surface area (Å²) in [6, 6.07) is 19.2. The minimum Gasteiger partial charge on any atom is -0.318 e. The molecule has 3 aromatic rings. The molecule has 2 amide bonds. The molecule has 2 aromatic carbocycles. The molecule has 146 valence electrons. The van der Waals surface area contributed by atoms with E-state index in [0.29, 0.717) is 9.93 Å². The summed E-state index contributed by atoms with van der Waals surface area (Å²) >= 11 is 6.99. The Balaban J connectivity index is 1.63. The van der Waals surface area contributed by atoms with Crippen molar-refractivity contribution in [1.29, 1.82) is 0 Å². The lowest BCUT2D eigenvalue weighted by molar-refractivity contribution is -0.123. The number of amides is 2. The third-order valence-electron chi connectivity index (χ3n) is 4.90. The quantitative estimate of drug-likeness (QED) is 0.485. The van der Waals surface area contributed by atoms with Crippen LogP contribution in [0.2, 0.25) is 5.02 Å². The van der Waals surface area contributed by atoms with E-state index in [1.807, 2.05) is 80.6 Å². The average molecular weight is 423 g/mol. The summed E-state index contributed by atoms with van der Waals surface area (Å²) in [7, 11) is 0. The minimum absolute atomic E-state index is 0.239. The molecule has 1 fully saturated rings. The zero-order chi connectivity index (χ0) is 20.5. The number of carbonyl (C=O) groups is 2.